The minimum atomic E-state index is -1.60. The molecule has 2 N–H and O–H groups in total. The summed E-state index contributed by atoms with van der Waals surface area (Å²) in [5, 5.41) is 0. The molecule has 0 radical (unpaired) electrons. The number of benzene rings is 2. The van der Waals surface area contributed by atoms with Crippen LogP contribution in [0.2, 0.25) is 0 Å². The van der Waals surface area contributed by atoms with Gasteiger partial charge < -0.3 is 15.3 Å². The fraction of sp³-hybridized carbons (Fsp3) is 0.300. The molecule has 0 fully saturated rings. The number of ether oxygens (including phenoxy) is 1. The van der Waals surface area contributed by atoms with E-state index in [-0.39, 0.29) is 18.4 Å². The number of hydrogen-bond acceptors (Lipinski definition) is 4. The van der Waals surface area contributed by atoms with E-state index >= 15 is 0 Å². The molecule has 0 heterocycles. The van der Waals surface area contributed by atoms with E-state index < -0.39 is 11.5 Å². The Labute approximate surface area is 141 Å². The van der Waals surface area contributed by atoms with Gasteiger partial charge in [0.1, 0.15) is 6.61 Å². The Morgan fingerprint density at radius 2 is 1.62 bits per heavy atom. The van der Waals surface area contributed by atoms with Gasteiger partial charge in [0.2, 0.25) is 0 Å². The maximum absolute atomic E-state index is 12.3. The Kier molecular flexibility index (Phi) is 4.24. The highest BCUT2D eigenvalue weighted by Gasteiger charge is 2.40. The van der Waals surface area contributed by atoms with Crippen LogP contribution >= 0.6 is 0 Å². The van der Waals surface area contributed by atoms with Gasteiger partial charge in [-0.05, 0) is 28.2 Å². The van der Waals surface area contributed by atoms with E-state index in [1.165, 1.54) is 0 Å². The largest absolute Gasteiger partial charge is 0.463 e. The van der Waals surface area contributed by atoms with E-state index in [1.54, 1.807) is 13.8 Å². The molecular weight excluding hydrogens is 302 g/mol. The standard InChI is InChI=1S/C20H21NO3/c1-13(2)20(21,12-22)19(23)24-11-18-16-9-5-3-7-14(16)15-8-4-6-10-17(15)18/h3-10,12-13,18H,11,21H2,1-2H3/t20-/m1/s1. The summed E-state index contributed by atoms with van der Waals surface area (Å²) in [6.07, 6.45) is 0.483. The average Bonchev–Trinajstić information content (AvgIpc) is 2.92. The Morgan fingerprint density at radius 1 is 1.12 bits per heavy atom. The van der Waals surface area contributed by atoms with E-state index in [0.29, 0.717) is 6.29 Å². The lowest BCUT2D eigenvalue weighted by molar-refractivity contribution is -0.153. The van der Waals surface area contributed by atoms with Crippen LogP contribution in [-0.4, -0.2) is 24.4 Å². The Balaban J connectivity index is 1.86. The number of esters is 1. The van der Waals surface area contributed by atoms with Gasteiger partial charge in [-0.15, -0.1) is 0 Å². The van der Waals surface area contributed by atoms with Crippen LogP contribution in [0.4, 0.5) is 0 Å². The Bertz CT molecular complexity index is 738. The molecule has 0 spiro atoms. The first kappa shape index (κ1) is 16.4. The first-order valence-corrected chi connectivity index (χ1v) is 8.09. The van der Waals surface area contributed by atoms with E-state index in [4.69, 9.17) is 10.5 Å². The molecule has 1 aliphatic carbocycles. The summed E-state index contributed by atoms with van der Waals surface area (Å²) < 4.78 is 5.46. The summed E-state index contributed by atoms with van der Waals surface area (Å²) >= 11 is 0. The SMILES string of the molecule is CC(C)[C@](N)(C=O)C(=O)OCC1c2ccccc2-c2ccccc21. The van der Waals surface area contributed by atoms with Crippen molar-refractivity contribution in [3.8, 4) is 11.1 Å². The van der Waals surface area contributed by atoms with Crippen molar-refractivity contribution >= 4 is 12.3 Å². The highest BCUT2D eigenvalue weighted by Crippen LogP contribution is 2.44. The molecule has 2 aromatic carbocycles. The van der Waals surface area contributed by atoms with Crippen molar-refractivity contribution in [3.63, 3.8) is 0 Å². The van der Waals surface area contributed by atoms with Crippen LogP contribution < -0.4 is 5.73 Å². The molecule has 0 aliphatic heterocycles. The van der Waals surface area contributed by atoms with Crippen LogP contribution in [0.5, 0.6) is 0 Å². The molecule has 2 aromatic rings. The Morgan fingerprint density at radius 3 is 2.08 bits per heavy atom. The van der Waals surface area contributed by atoms with Crippen LogP contribution in [0, 0.1) is 5.92 Å². The van der Waals surface area contributed by atoms with Gasteiger partial charge >= 0.3 is 5.97 Å². The summed E-state index contributed by atoms with van der Waals surface area (Å²) in [6, 6.07) is 16.2. The topological polar surface area (TPSA) is 69.4 Å². The molecule has 4 heteroatoms. The first-order chi connectivity index (χ1) is 11.5. The van der Waals surface area contributed by atoms with Crippen molar-refractivity contribution < 1.29 is 14.3 Å². The van der Waals surface area contributed by atoms with Crippen LogP contribution in [-0.2, 0) is 14.3 Å². The lowest BCUT2D eigenvalue weighted by Crippen LogP contribution is -2.55. The smallest absolute Gasteiger partial charge is 0.333 e. The quantitative estimate of drug-likeness (QED) is 0.522. The molecular formula is C20H21NO3. The van der Waals surface area contributed by atoms with Crippen LogP contribution in [0.1, 0.15) is 30.9 Å². The molecule has 0 unspecified atom stereocenters. The second kappa shape index (κ2) is 6.21. The number of fused-ring (bicyclic) bond motifs is 3. The fourth-order valence-corrected chi connectivity index (χ4v) is 3.14. The number of hydrogen-bond donors (Lipinski definition) is 1. The molecule has 1 aliphatic rings. The maximum Gasteiger partial charge on any atom is 0.333 e. The van der Waals surface area contributed by atoms with Gasteiger partial charge in [-0.2, -0.15) is 0 Å². The molecule has 0 saturated carbocycles. The average molecular weight is 323 g/mol. The monoisotopic (exact) mass is 323 g/mol. The minimum absolute atomic E-state index is 0.0376. The normalized spacial score (nSPS) is 15.5. The molecule has 124 valence electrons. The van der Waals surface area contributed by atoms with Gasteiger partial charge in [0.05, 0.1) is 0 Å². The third-order valence-electron chi connectivity index (χ3n) is 4.85. The van der Waals surface area contributed by atoms with Crippen LogP contribution in [0.15, 0.2) is 48.5 Å². The summed E-state index contributed by atoms with van der Waals surface area (Å²) in [6.45, 7) is 3.64. The summed E-state index contributed by atoms with van der Waals surface area (Å²) in [4.78, 5) is 23.6. The van der Waals surface area contributed by atoms with Crippen LogP contribution in [0.3, 0.4) is 0 Å². The number of aldehydes is 1. The summed E-state index contributed by atoms with van der Waals surface area (Å²) in [5.41, 5.74) is 8.89. The van der Waals surface area contributed by atoms with Gasteiger partial charge in [0, 0.05) is 5.92 Å². The molecule has 0 aromatic heterocycles. The molecule has 0 amide bonds. The van der Waals surface area contributed by atoms with Gasteiger partial charge in [-0.3, -0.25) is 0 Å². The van der Waals surface area contributed by atoms with Crippen molar-refractivity contribution in [1.82, 2.24) is 0 Å². The minimum Gasteiger partial charge on any atom is -0.463 e. The van der Waals surface area contributed by atoms with Gasteiger partial charge in [0.25, 0.3) is 0 Å². The number of carbonyl (C=O) groups excluding carboxylic acids is 2. The Hall–Kier alpha value is -2.46. The van der Waals surface area contributed by atoms with Gasteiger partial charge in [-0.25, -0.2) is 4.79 Å². The number of rotatable bonds is 5. The molecule has 24 heavy (non-hydrogen) atoms. The second-order valence-electron chi connectivity index (χ2n) is 6.53. The zero-order valence-corrected chi connectivity index (χ0v) is 13.9. The lowest BCUT2D eigenvalue weighted by atomic mass is 9.89. The third-order valence-corrected chi connectivity index (χ3v) is 4.85. The predicted octanol–water partition coefficient (Wildman–Crippen LogP) is 2.89. The van der Waals surface area contributed by atoms with E-state index in [9.17, 15) is 9.59 Å². The zero-order valence-electron chi connectivity index (χ0n) is 13.9. The number of nitrogens with two attached hydrogens (primary N) is 1. The van der Waals surface area contributed by atoms with Crippen molar-refractivity contribution in [2.75, 3.05) is 6.61 Å². The van der Waals surface area contributed by atoms with Crippen molar-refractivity contribution in [2.24, 2.45) is 11.7 Å². The van der Waals surface area contributed by atoms with Crippen molar-refractivity contribution in [3.05, 3.63) is 59.7 Å². The molecule has 0 bridgehead atoms. The lowest BCUT2D eigenvalue weighted by Gasteiger charge is -2.26. The summed E-state index contributed by atoms with van der Waals surface area (Å²) in [5.74, 6) is -1.04. The van der Waals surface area contributed by atoms with Crippen LogP contribution in [0.25, 0.3) is 11.1 Å². The predicted molar refractivity (Wildman–Crippen MR) is 92.5 cm³/mol. The van der Waals surface area contributed by atoms with Gasteiger partial charge in [0.15, 0.2) is 11.8 Å². The molecule has 0 saturated heterocycles. The molecule has 4 nitrogen and oxygen atoms in total. The number of carbonyl (C=O) groups is 2. The van der Waals surface area contributed by atoms with Crippen molar-refractivity contribution in [1.29, 1.82) is 0 Å². The molecule has 3 rings (SSSR count). The van der Waals surface area contributed by atoms with E-state index in [2.05, 4.69) is 12.1 Å². The van der Waals surface area contributed by atoms with Gasteiger partial charge in [-0.1, -0.05) is 62.4 Å². The van der Waals surface area contributed by atoms with E-state index in [0.717, 1.165) is 22.3 Å². The zero-order chi connectivity index (χ0) is 17.3. The van der Waals surface area contributed by atoms with E-state index in [1.807, 2.05) is 36.4 Å². The highest BCUT2D eigenvalue weighted by atomic mass is 16.5. The fourth-order valence-electron chi connectivity index (χ4n) is 3.14. The first-order valence-electron chi connectivity index (χ1n) is 8.09. The third kappa shape index (κ3) is 2.53. The summed E-state index contributed by atoms with van der Waals surface area (Å²) in [7, 11) is 0. The second-order valence-corrected chi connectivity index (χ2v) is 6.53. The maximum atomic E-state index is 12.3. The highest BCUT2D eigenvalue weighted by molar-refractivity contribution is 5.98. The van der Waals surface area contributed by atoms with Crippen molar-refractivity contribution in [2.45, 2.75) is 25.3 Å². The molecule has 1 atom stereocenters.